The lowest BCUT2D eigenvalue weighted by Crippen LogP contribution is -2.45. The third-order valence-electron chi connectivity index (χ3n) is 16.6. The highest BCUT2D eigenvalue weighted by Gasteiger charge is 2.18. The fraction of sp³-hybridized carbons (Fsp3) is 0.890. The van der Waals surface area contributed by atoms with Crippen molar-refractivity contribution in [2.24, 2.45) is 0 Å². The van der Waals surface area contributed by atoms with Gasteiger partial charge in [-0.15, -0.1) is 0 Å². The van der Waals surface area contributed by atoms with Crippen molar-refractivity contribution in [1.82, 2.24) is 5.32 Å². The van der Waals surface area contributed by atoms with Crippen LogP contribution in [0.5, 0.6) is 0 Å². The van der Waals surface area contributed by atoms with Crippen LogP contribution in [0.2, 0.25) is 0 Å². The van der Waals surface area contributed by atoms with Gasteiger partial charge in [-0.2, -0.15) is 0 Å². The zero-order valence-corrected chi connectivity index (χ0v) is 53.4. The normalized spacial score (nSPS) is 12.7. The van der Waals surface area contributed by atoms with Crippen molar-refractivity contribution in [3.63, 3.8) is 0 Å². The van der Waals surface area contributed by atoms with E-state index in [1.54, 1.807) is 6.08 Å². The lowest BCUT2D eigenvalue weighted by Gasteiger charge is -2.20. The third-order valence-corrected chi connectivity index (χ3v) is 16.6. The highest BCUT2D eigenvalue weighted by atomic mass is 16.5. The van der Waals surface area contributed by atoms with Crippen molar-refractivity contribution in [3.05, 3.63) is 36.5 Å². The first-order chi connectivity index (χ1) is 39.0. The average Bonchev–Trinajstić information content (AvgIpc) is 3.45. The molecule has 0 heterocycles. The number of aliphatic hydroxyl groups is 2. The smallest absolute Gasteiger partial charge is 0.305 e. The Morgan fingerprint density at radius 2 is 0.658 bits per heavy atom. The molecule has 0 aromatic rings. The maximum Gasteiger partial charge on any atom is 0.305 e. The fourth-order valence-corrected chi connectivity index (χ4v) is 11.2. The minimum atomic E-state index is -0.838. The Labute approximate surface area is 494 Å². The molecule has 0 aliphatic rings. The number of carbonyl (C=O) groups excluding carboxylic acids is 2. The van der Waals surface area contributed by atoms with Crippen LogP contribution >= 0.6 is 0 Å². The predicted molar refractivity (Wildman–Crippen MR) is 347 cm³/mol. The zero-order chi connectivity index (χ0) is 57.1. The monoisotopic (exact) mass is 1110 g/mol. The van der Waals surface area contributed by atoms with Gasteiger partial charge in [0, 0.05) is 12.8 Å². The van der Waals surface area contributed by atoms with Crippen LogP contribution in [0.25, 0.3) is 0 Å². The van der Waals surface area contributed by atoms with Crippen molar-refractivity contribution in [2.45, 2.75) is 405 Å². The largest absolute Gasteiger partial charge is 0.466 e. The van der Waals surface area contributed by atoms with Gasteiger partial charge in [0.25, 0.3) is 0 Å². The molecule has 0 radical (unpaired) electrons. The third kappa shape index (κ3) is 65.1. The van der Waals surface area contributed by atoms with Crippen LogP contribution in [-0.2, 0) is 14.3 Å². The number of allylic oxidation sites excluding steroid dienone is 5. The summed E-state index contributed by atoms with van der Waals surface area (Å²) in [5, 5.41) is 23.0. The van der Waals surface area contributed by atoms with Gasteiger partial charge in [0.1, 0.15) is 0 Å². The van der Waals surface area contributed by atoms with Crippen molar-refractivity contribution in [2.75, 3.05) is 13.2 Å². The number of aliphatic hydroxyl groups excluding tert-OH is 2. The first-order valence-electron chi connectivity index (χ1n) is 35.8. The minimum Gasteiger partial charge on any atom is -0.466 e. The van der Waals surface area contributed by atoms with E-state index in [9.17, 15) is 19.8 Å². The van der Waals surface area contributed by atoms with Crippen LogP contribution in [0.1, 0.15) is 393 Å². The molecule has 0 spiro atoms. The molecule has 0 aliphatic heterocycles. The molecule has 0 saturated carbocycles. The fourth-order valence-electron chi connectivity index (χ4n) is 11.2. The summed E-state index contributed by atoms with van der Waals surface area (Å²) in [7, 11) is 0. The van der Waals surface area contributed by atoms with Gasteiger partial charge in [-0.3, -0.25) is 9.59 Å². The number of hydrogen-bond acceptors (Lipinski definition) is 5. The van der Waals surface area contributed by atoms with Crippen LogP contribution in [-0.4, -0.2) is 47.4 Å². The molecule has 2 atom stereocenters. The number of ether oxygens (including phenoxy) is 1. The highest BCUT2D eigenvalue weighted by molar-refractivity contribution is 5.76. The van der Waals surface area contributed by atoms with Crippen LogP contribution in [0.4, 0.5) is 0 Å². The molecular formula is C73H139NO5. The molecule has 0 fully saturated rings. The predicted octanol–water partition coefficient (Wildman–Crippen LogP) is 23.1. The topological polar surface area (TPSA) is 95.9 Å². The van der Waals surface area contributed by atoms with Crippen LogP contribution in [0.15, 0.2) is 36.5 Å². The van der Waals surface area contributed by atoms with Crippen molar-refractivity contribution in [1.29, 1.82) is 0 Å². The zero-order valence-electron chi connectivity index (χ0n) is 53.4. The summed E-state index contributed by atoms with van der Waals surface area (Å²) in [6.07, 6.45) is 88.4. The summed E-state index contributed by atoms with van der Waals surface area (Å²) < 4.78 is 5.48. The molecule has 79 heavy (non-hydrogen) atoms. The second-order valence-electron chi connectivity index (χ2n) is 24.6. The number of hydrogen-bond donors (Lipinski definition) is 3. The number of carbonyl (C=O) groups is 2. The lowest BCUT2D eigenvalue weighted by molar-refractivity contribution is -0.143. The summed E-state index contributed by atoms with van der Waals surface area (Å²) in [5.41, 5.74) is 0. The number of amides is 1. The number of rotatable bonds is 67. The van der Waals surface area contributed by atoms with Gasteiger partial charge in [-0.1, -0.05) is 359 Å². The second-order valence-corrected chi connectivity index (χ2v) is 24.6. The van der Waals surface area contributed by atoms with E-state index in [-0.39, 0.29) is 18.5 Å². The number of unbranched alkanes of at least 4 members (excludes halogenated alkanes) is 52. The van der Waals surface area contributed by atoms with E-state index in [1.165, 1.54) is 315 Å². The SMILES string of the molecule is CCC/C=C\C/C=C\CCCCCCCC(=O)OCCCCCCCCCCCCCCCCCCCCCCCCCCCCCCCCCCCCCCCCCC(=O)NC(CO)C(O)/C=C/CCCCCCCCCC. The Hall–Kier alpha value is -1.92. The summed E-state index contributed by atoms with van der Waals surface area (Å²) in [4.78, 5) is 24.5. The van der Waals surface area contributed by atoms with Gasteiger partial charge < -0.3 is 20.3 Å². The summed E-state index contributed by atoms with van der Waals surface area (Å²) in [6, 6.07) is -0.621. The molecule has 6 heteroatoms. The van der Waals surface area contributed by atoms with Crippen LogP contribution in [0, 0.1) is 0 Å². The van der Waals surface area contributed by atoms with E-state index in [0.717, 1.165) is 51.4 Å². The van der Waals surface area contributed by atoms with Crippen LogP contribution in [0.3, 0.4) is 0 Å². The summed E-state index contributed by atoms with van der Waals surface area (Å²) >= 11 is 0. The van der Waals surface area contributed by atoms with E-state index in [2.05, 4.69) is 43.5 Å². The number of nitrogens with one attached hydrogen (secondary N) is 1. The highest BCUT2D eigenvalue weighted by Crippen LogP contribution is 2.19. The molecule has 0 saturated heterocycles. The first kappa shape index (κ1) is 77.1. The first-order valence-corrected chi connectivity index (χ1v) is 35.8. The summed E-state index contributed by atoms with van der Waals surface area (Å²) in [6.45, 7) is 4.84. The average molecular weight is 1110 g/mol. The van der Waals surface area contributed by atoms with Crippen LogP contribution < -0.4 is 5.32 Å². The molecule has 0 bridgehead atoms. The van der Waals surface area contributed by atoms with Gasteiger partial charge >= 0.3 is 5.97 Å². The molecule has 466 valence electrons. The van der Waals surface area contributed by atoms with E-state index in [0.29, 0.717) is 19.4 Å². The Morgan fingerprint density at radius 1 is 0.354 bits per heavy atom. The Kier molecular flexibility index (Phi) is 66.9. The molecule has 0 rings (SSSR count). The molecular weight excluding hydrogens is 971 g/mol. The summed E-state index contributed by atoms with van der Waals surface area (Å²) in [5.74, 6) is -0.0538. The lowest BCUT2D eigenvalue weighted by atomic mass is 10.0. The number of esters is 1. The standard InChI is InChI=1S/C73H139NO5/c1-3-5-7-9-11-13-15-43-47-51-55-59-63-67-73(78)79-68-64-60-56-52-48-45-42-40-38-36-34-32-30-28-26-24-22-20-18-16-17-19-21-23-25-27-29-31-33-35-37-39-41-44-46-50-54-58-62-66-72(77)74-70(69-75)71(76)65-61-57-53-49-14-12-10-8-6-4-2/h7,9,13,15,61,65,70-71,75-76H,3-6,8,10-12,14,16-60,62-64,66-69H2,1-2H3,(H,74,77)/b9-7-,15-13-,65-61+. The van der Waals surface area contributed by atoms with E-state index in [4.69, 9.17) is 4.74 Å². The Balaban J connectivity index is 3.27. The van der Waals surface area contributed by atoms with E-state index < -0.39 is 12.1 Å². The van der Waals surface area contributed by atoms with Gasteiger partial charge in [-0.25, -0.2) is 0 Å². The van der Waals surface area contributed by atoms with Crippen molar-refractivity contribution >= 4 is 11.9 Å². The van der Waals surface area contributed by atoms with E-state index >= 15 is 0 Å². The Morgan fingerprint density at radius 3 is 1.01 bits per heavy atom. The van der Waals surface area contributed by atoms with Gasteiger partial charge in [0.2, 0.25) is 5.91 Å². The second kappa shape index (κ2) is 68.6. The molecule has 1 amide bonds. The molecule has 2 unspecified atom stereocenters. The van der Waals surface area contributed by atoms with Gasteiger partial charge in [0.05, 0.1) is 25.4 Å². The minimum absolute atomic E-state index is 0.00854. The maximum absolute atomic E-state index is 12.4. The van der Waals surface area contributed by atoms with Crippen molar-refractivity contribution < 1.29 is 24.5 Å². The van der Waals surface area contributed by atoms with Gasteiger partial charge in [-0.05, 0) is 57.8 Å². The quantitative estimate of drug-likeness (QED) is 0.0320. The van der Waals surface area contributed by atoms with E-state index in [1.807, 2.05) is 6.08 Å². The maximum atomic E-state index is 12.4. The van der Waals surface area contributed by atoms with Gasteiger partial charge in [0.15, 0.2) is 0 Å². The molecule has 3 N–H and O–H groups in total. The van der Waals surface area contributed by atoms with Crippen molar-refractivity contribution in [3.8, 4) is 0 Å². The molecule has 0 aromatic carbocycles. The molecule has 0 aliphatic carbocycles. The Bertz CT molecular complexity index is 1280. The molecule has 0 aromatic heterocycles. The molecule has 6 nitrogen and oxygen atoms in total.